The molecular weight excluding hydrogens is 437 g/mol. The van der Waals surface area contributed by atoms with Gasteiger partial charge in [-0.05, 0) is 49.7 Å². The molecule has 0 aliphatic carbocycles. The van der Waals surface area contributed by atoms with Gasteiger partial charge in [0, 0.05) is 12.0 Å². The number of carbonyl (C=O) groups is 1. The Morgan fingerprint density at radius 1 is 1.16 bits per heavy atom. The van der Waals surface area contributed by atoms with E-state index in [1.165, 1.54) is 11.8 Å². The van der Waals surface area contributed by atoms with E-state index < -0.39 is 22.2 Å². The van der Waals surface area contributed by atoms with Crippen molar-refractivity contribution in [2.24, 2.45) is 0 Å². The number of likely N-dealkylation sites (tertiary alicyclic amines) is 1. The summed E-state index contributed by atoms with van der Waals surface area (Å²) < 4.78 is 63.2. The summed E-state index contributed by atoms with van der Waals surface area (Å²) in [7, 11) is -3.24. The van der Waals surface area contributed by atoms with Crippen LogP contribution in [0.1, 0.15) is 24.2 Å². The van der Waals surface area contributed by atoms with E-state index in [9.17, 15) is 21.6 Å². The second-order valence-electron chi connectivity index (χ2n) is 7.73. The number of aliphatic carboxylic acids is 1. The molecule has 1 aromatic heterocycles. The SMILES string of the molecule is CS(=O)(=O)N1CC2(CCN(Cc3ccco3)CC2)c2ccccc21.O=C(O)C(F)(F)F. The summed E-state index contributed by atoms with van der Waals surface area (Å²) in [5.41, 5.74) is 1.99. The number of sulfonamides is 1. The summed E-state index contributed by atoms with van der Waals surface area (Å²) in [6, 6.07) is 11.9. The van der Waals surface area contributed by atoms with E-state index >= 15 is 0 Å². The number of carboxylic acids is 1. The Labute approximate surface area is 178 Å². The van der Waals surface area contributed by atoms with Crippen LogP contribution in [0.3, 0.4) is 0 Å². The minimum absolute atomic E-state index is 0.0562. The molecule has 0 atom stereocenters. The first-order valence-electron chi connectivity index (χ1n) is 9.54. The Hall–Kier alpha value is -2.53. The van der Waals surface area contributed by atoms with Crippen molar-refractivity contribution in [2.75, 3.05) is 30.2 Å². The number of alkyl halides is 3. The predicted octanol–water partition coefficient (Wildman–Crippen LogP) is 3.23. The van der Waals surface area contributed by atoms with E-state index in [1.54, 1.807) is 10.6 Å². The summed E-state index contributed by atoms with van der Waals surface area (Å²) in [5, 5.41) is 7.12. The first-order valence-corrected chi connectivity index (χ1v) is 11.4. The second-order valence-corrected chi connectivity index (χ2v) is 9.63. The number of hydrogen-bond donors (Lipinski definition) is 1. The van der Waals surface area contributed by atoms with Crippen LogP contribution in [-0.2, 0) is 26.8 Å². The smallest absolute Gasteiger partial charge is 0.475 e. The standard InChI is InChI=1S/C18H22N2O3S.C2HF3O2/c1-24(21,22)20-14-18(16-6-2-3-7-17(16)20)8-10-19(11-9-18)13-15-5-4-12-23-15;3-2(4,5)1(6)7/h2-7,12H,8-11,13-14H2,1H3;(H,6,7). The number of nitrogens with zero attached hydrogens (tertiary/aromatic N) is 2. The number of benzene rings is 1. The molecule has 1 N–H and O–H groups in total. The van der Waals surface area contributed by atoms with Gasteiger partial charge in [0.25, 0.3) is 0 Å². The number of anilines is 1. The van der Waals surface area contributed by atoms with Crippen molar-refractivity contribution in [1.29, 1.82) is 0 Å². The maximum atomic E-state index is 12.2. The van der Waals surface area contributed by atoms with Crippen molar-refractivity contribution in [1.82, 2.24) is 4.90 Å². The van der Waals surface area contributed by atoms with E-state index in [0.29, 0.717) is 6.54 Å². The van der Waals surface area contributed by atoms with Crippen LogP contribution in [-0.4, -0.2) is 56.5 Å². The molecule has 170 valence electrons. The molecule has 7 nitrogen and oxygen atoms in total. The van der Waals surface area contributed by atoms with Gasteiger partial charge in [0.1, 0.15) is 5.76 Å². The summed E-state index contributed by atoms with van der Waals surface area (Å²) >= 11 is 0. The molecule has 4 rings (SSSR count). The molecule has 0 amide bonds. The number of para-hydroxylation sites is 1. The topological polar surface area (TPSA) is 91.1 Å². The Balaban J connectivity index is 0.000000339. The van der Waals surface area contributed by atoms with Gasteiger partial charge in [0.2, 0.25) is 10.0 Å². The molecule has 2 aliphatic rings. The van der Waals surface area contributed by atoms with Crippen LogP contribution in [0.2, 0.25) is 0 Å². The lowest BCUT2D eigenvalue weighted by molar-refractivity contribution is -0.192. The fraction of sp³-hybridized carbons (Fsp3) is 0.450. The van der Waals surface area contributed by atoms with Gasteiger partial charge in [0.05, 0.1) is 24.8 Å². The van der Waals surface area contributed by atoms with Crippen LogP contribution in [0.5, 0.6) is 0 Å². The van der Waals surface area contributed by atoms with Crippen molar-refractivity contribution in [2.45, 2.75) is 31.0 Å². The maximum absolute atomic E-state index is 12.2. The number of halogens is 3. The van der Waals surface area contributed by atoms with Crippen LogP contribution in [0.25, 0.3) is 0 Å². The Kier molecular flexibility index (Phi) is 6.38. The van der Waals surface area contributed by atoms with Crippen LogP contribution in [0.4, 0.5) is 18.9 Å². The monoisotopic (exact) mass is 460 g/mol. The molecule has 0 bridgehead atoms. The van der Waals surface area contributed by atoms with Crippen LogP contribution in [0, 0.1) is 0 Å². The number of piperidine rings is 1. The second kappa shape index (κ2) is 8.54. The van der Waals surface area contributed by atoms with Gasteiger partial charge < -0.3 is 9.52 Å². The van der Waals surface area contributed by atoms with Crippen molar-refractivity contribution in [3.63, 3.8) is 0 Å². The molecule has 11 heteroatoms. The van der Waals surface area contributed by atoms with Crippen LogP contribution >= 0.6 is 0 Å². The third-order valence-electron chi connectivity index (χ3n) is 5.61. The van der Waals surface area contributed by atoms with Gasteiger partial charge in [-0.25, -0.2) is 13.2 Å². The average molecular weight is 460 g/mol. The molecule has 0 radical (unpaired) electrons. The summed E-state index contributed by atoms with van der Waals surface area (Å²) in [5.74, 6) is -1.77. The average Bonchev–Trinajstić information content (AvgIpc) is 3.30. The highest BCUT2D eigenvalue weighted by Gasteiger charge is 2.46. The third-order valence-corrected chi connectivity index (χ3v) is 6.73. The fourth-order valence-corrected chi connectivity index (χ4v) is 5.07. The van der Waals surface area contributed by atoms with E-state index in [1.807, 2.05) is 30.3 Å². The van der Waals surface area contributed by atoms with Gasteiger partial charge in [-0.1, -0.05) is 18.2 Å². The quantitative estimate of drug-likeness (QED) is 0.757. The van der Waals surface area contributed by atoms with Crippen molar-refractivity contribution >= 4 is 21.7 Å². The third kappa shape index (κ3) is 5.21. The molecule has 0 unspecified atom stereocenters. The molecule has 0 saturated carbocycles. The van der Waals surface area contributed by atoms with E-state index in [2.05, 4.69) is 11.0 Å². The van der Waals surface area contributed by atoms with E-state index in [0.717, 1.165) is 43.9 Å². The number of fused-ring (bicyclic) bond motifs is 2. The van der Waals surface area contributed by atoms with Gasteiger partial charge in [0.15, 0.2) is 0 Å². The first-order chi connectivity index (χ1) is 14.4. The summed E-state index contributed by atoms with van der Waals surface area (Å²) in [4.78, 5) is 11.3. The zero-order valence-corrected chi connectivity index (χ0v) is 17.6. The minimum Gasteiger partial charge on any atom is -0.475 e. The normalized spacial score (nSPS) is 18.4. The molecule has 2 aromatic rings. The molecular formula is C20H23F3N2O5S. The Morgan fingerprint density at radius 3 is 2.29 bits per heavy atom. The number of furan rings is 1. The zero-order chi connectivity index (χ0) is 22.9. The molecule has 1 fully saturated rings. The van der Waals surface area contributed by atoms with Crippen molar-refractivity contribution < 1.29 is 35.9 Å². The minimum atomic E-state index is -5.08. The Bertz CT molecular complexity index is 1010. The highest BCUT2D eigenvalue weighted by Crippen LogP contribution is 2.47. The molecule has 3 heterocycles. The highest BCUT2D eigenvalue weighted by molar-refractivity contribution is 7.92. The predicted molar refractivity (Wildman–Crippen MR) is 107 cm³/mol. The van der Waals surface area contributed by atoms with Gasteiger partial charge in [-0.2, -0.15) is 13.2 Å². The van der Waals surface area contributed by atoms with Crippen LogP contribution < -0.4 is 4.31 Å². The van der Waals surface area contributed by atoms with Gasteiger partial charge in [-0.15, -0.1) is 0 Å². The van der Waals surface area contributed by atoms with Gasteiger partial charge in [-0.3, -0.25) is 9.21 Å². The fourth-order valence-electron chi connectivity index (χ4n) is 4.07. The van der Waals surface area contributed by atoms with Crippen molar-refractivity contribution in [3.8, 4) is 0 Å². The van der Waals surface area contributed by atoms with Gasteiger partial charge >= 0.3 is 12.1 Å². The Morgan fingerprint density at radius 2 is 1.77 bits per heavy atom. The molecule has 1 saturated heterocycles. The molecule has 31 heavy (non-hydrogen) atoms. The van der Waals surface area contributed by atoms with E-state index in [4.69, 9.17) is 14.3 Å². The lowest BCUT2D eigenvalue weighted by atomic mass is 9.74. The van der Waals surface area contributed by atoms with E-state index in [-0.39, 0.29) is 5.41 Å². The molecule has 1 aromatic carbocycles. The summed E-state index contributed by atoms with van der Waals surface area (Å²) in [6.45, 7) is 3.29. The zero-order valence-electron chi connectivity index (χ0n) is 16.8. The lowest BCUT2D eigenvalue weighted by Gasteiger charge is -2.39. The van der Waals surface area contributed by atoms with Crippen molar-refractivity contribution in [3.05, 3.63) is 54.0 Å². The number of rotatable bonds is 3. The largest absolute Gasteiger partial charge is 0.490 e. The van der Waals surface area contributed by atoms with Crippen LogP contribution in [0.15, 0.2) is 47.1 Å². The highest BCUT2D eigenvalue weighted by atomic mass is 32.2. The number of carboxylic acid groups (broad SMARTS) is 1. The first kappa shape index (κ1) is 23.1. The maximum Gasteiger partial charge on any atom is 0.490 e. The molecule has 1 spiro atoms. The summed E-state index contributed by atoms with van der Waals surface area (Å²) in [6.07, 6.45) is -0.139. The number of hydrogen-bond acceptors (Lipinski definition) is 5. The molecule has 2 aliphatic heterocycles. The lowest BCUT2D eigenvalue weighted by Crippen LogP contribution is -2.45.